The monoisotopic (exact) mass is 456 g/mol. The van der Waals surface area contributed by atoms with Crippen LogP contribution in [0.15, 0.2) is 61.1 Å². The van der Waals surface area contributed by atoms with Crippen LogP contribution in [0.2, 0.25) is 0 Å². The second kappa shape index (κ2) is 10.3. The van der Waals surface area contributed by atoms with Gasteiger partial charge in [-0.3, -0.25) is 9.78 Å². The van der Waals surface area contributed by atoms with Gasteiger partial charge in [-0.15, -0.1) is 0 Å². The van der Waals surface area contributed by atoms with Gasteiger partial charge in [0.25, 0.3) is 0 Å². The fraction of sp³-hybridized carbons (Fsp3) is 0.231. The Labute approximate surface area is 198 Å². The van der Waals surface area contributed by atoms with E-state index in [0.29, 0.717) is 18.2 Å². The largest absolute Gasteiger partial charge is 0.481 e. The lowest BCUT2D eigenvalue weighted by molar-refractivity contribution is -0.111. The molecule has 8 nitrogen and oxygen atoms in total. The molecule has 0 aromatic carbocycles. The van der Waals surface area contributed by atoms with Crippen LogP contribution in [0.1, 0.15) is 12.6 Å². The predicted octanol–water partition coefficient (Wildman–Crippen LogP) is 4.31. The van der Waals surface area contributed by atoms with Crippen LogP contribution in [-0.2, 0) is 11.2 Å². The molecule has 34 heavy (non-hydrogen) atoms. The maximum Gasteiger partial charge on any atom is 0.249 e. The van der Waals surface area contributed by atoms with E-state index in [1.807, 2.05) is 49.6 Å². The van der Waals surface area contributed by atoms with Crippen LogP contribution in [0.25, 0.3) is 33.3 Å². The van der Waals surface area contributed by atoms with Crippen LogP contribution in [0.4, 0.5) is 5.82 Å². The minimum Gasteiger partial charge on any atom is -0.481 e. The van der Waals surface area contributed by atoms with Gasteiger partial charge in [-0.25, -0.2) is 4.98 Å². The van der Waals surface area contributed by atoms with Crippen LogP contribution in [0.3, 0.4) is 0 Å². The zero-order valence-electron chi connectivity index (χ0n) is 19.8. The van der Waals surface area contributed by atoms with Crippen molar-refractivity contribution in [3.05, 3.63) is 66.8 Å². The van der Waals surface area contributed by atoms with Crippen molar-refractivity contribution in [3.63, 3.8) is 0 Å². The second-order valence-electron chi connectivity index (χ2n) is 8.15. The molecular weight excluding hydrogens is 428 g/mol. The molecular formula is C26H28N6O2. The molecule has 4 rings (SSSR count). The number of aromatic amines is 1. The van der Waals surface area contributed by atoms with Gasteiger partial charge in [-0.1, -0.05) is 13.0 Å². The van der Waals surface area contributed by atoms with Crippen molar-refractivity contribution in [1.82, 2.24) is 24.8 Å². The quantitative estimate of drug-likeness (QED) is 0.384. The Morgan fingerprint density at radius 3 is 2.76 bits per heavy atom. The third kappa shape index (κ3) is 5.29. The van der Waals surface area contributed by atoms with Crippen molar-refractivity contribution in [1.29, 1.82) is 0 Å². The molecule has 1 amide bonds. The van der Waals surface area contributed by atoms with Crippen LogP contribution in [-0.4, -0.2) is 58.5 Å². The Bertz CT molecular complexity index is 1340. The van der Waals surface area contributed by atoms with Gasteiger partial charge in [0.05, 0.1) is 7.11 Å². The Balaban J connectivity index is 1.69. The number of rotatable bonds is 8. The second-order valence-corrected chi connectivity index (χ2v) is 8.15. The third-order valence-corrected chi connectivity index (χ3v) is 5.36. The molecule has 4 aromatic rings. The number of amides is 1. The lowest BCUT2D eigenvalue weighted by Crippen LogP contribution is -2.13. The summed E-state index contributed by atoms with van der Waals surface area (Å²) in [5, 5.41) is 3.81. The number of hydrogen-bond acceptors (Lipinski definition) is 6. The predicted molar refractivity (Wildman–Crippen MR) is 135 cm³/mol. The summed E-state index contributed by atoms with van der Waals surface area (Å²) in [5.74, 6) is 0.561. The van der Waals surface area contributed by atoms with E-state index >= 15 is 0 Å². The molecule has 0 aliphatic rings. The van der Waals surface area contributed by atoms with Crippen molar-refractivity contribution < 1.29 is 9.53 Å². The smallest absolute Gasteiger partial charge is 0.249 e. The molecule has 0 saturated heterocycles. The van der Waals surface area contributed by atoms with Crippen molar-refractivity contribution >= 4 is 22.8 Å². The van der Waals surface area contributed by atoms with Gasteiger partial charge in [-0.2, -0.15) is 4.98 Å². The van der Waals surface area contributed by atoms with Gasteiger partial charge >= 0.3 is 0 Å². The number of ether oxygens (including phenoxy) is 1. The normalized spacial score (nSPS) is 11.4. The van der Waals surface area contributed by atoms with Crippen LogP contribution in [0, 0.1) is 0 Å². The molecule has 0 bridgehead atoms. The Morgan fingerprint density at radius 1 is 1.15 bits per heavy atom. The highest BCUT2D eigenvalue weighted by molar-refractivity contribution is 5.99. The molecule has 0 atom stereocenters. The minimum atomic E-state index is -0.250. The van der Waals surface area contributed by atoms with E-state index in [9.17, 15) is 4.79 Å². The van der Waals surface area contributed by atoms with Gasteiger partial charge in [0.1, 0.15) is 11.5 Å². The number of aryl methyl sites for hydroxylation is 1. The third-order valence-electron chi connectivity index (χ3n) is 5.36. The summed E-state index contributed by atoms with van der Waals surface area (Å²) in [7, 11) is 5.43. The molecule has 0 aliphatic heterocycles. The molecule has 0 unspecified atom stereocenters. The van der Waals surface area contributed by atoms with E-state index in [2.05, 4.69) is 44.3 Å². The van der Waals surface area contributed by atoms with Gasteiger partial charge in [-0.05, 0) is 55.9 Å². The van der Waals surface area contributed by atoms with E-state index < -0.39 is 0 Å². The first-order chi connectivity index (χ1) is 16.5. The van der Waals surface area contributed by atoms with E-state index in [1.165, 1.54) is 6.08 Å². The van der Waals surface area contributed by atoms with Crippen molar-refractivity contribution in [3.8, 4) is 28.1 Å². The summed E-state index contributed by atoms with van der Waals surface area (Å²) >= 11 is 0. The molecule has 174 valence electrons. The summed E-state index contributed by atoms with van der Waals surface area (Å²) in [4.78, 5) is 30.9. The average Bonchev–Trinajstić information content (AvgIpc) is 3.27. The first-order valence-corrected chi connectivity index (χ1v) is 11.1. The number of methoxy groups -OCH3 is 1. The number of anilines is 1. The molecule has 2 N–H and O–H groups in total. The lowest BCUT2D eigenvalue weighted by atomic mass is 10.0. The van der Waals surface area contributed by atoms with E-state index in [1.54, 1.807) is 19.4 Å². The average molecular weight is 457 g/mol. The first kappa shape index (κ1) is 23.1. The summed E-state index contributed by atoms with van der Waals surface area (Å²) in [5.41, 5.74) is 5.70. The van der Waals surface area contributed by atoms with Gasteiger partial charge in [0, 0.05) is 59.5 Å². The highest BCUT2D eigenvalue weighted by Crippen LogP contribution is 2.32. The maximum absolute atomic E-state index is 12.3. The number of hydrogen-bond donors (Lipinski definition) is 2. The summed E-state index contributed by atoms with van der Waals surface area (Å²) in [6.07, 6.45) is 9.76. The molecule has 0 saturated carbocycles. The van der Waals surface area contributed by atoms with Gasteiger partial charge in [0.15, 0.2) is 0 Å². The van der Waals surface area contributed by atoms with Crippen molar-refractivity contribution in [2.24, 2.45) is 0 Å². The number of fused-ring (bicyclic) bond motifs is 1. The van der Waals surface area contributed by atoms with Crippen LogP contribution in [0.5, 0.6) is 5.88 Å². The summed E-state index contributed by atoms with van der Waals surface area (Å²) in [6, 6.07) is 9.83. The summed E-state index contributed by atoms with van der Waals surface area (Å²) < 4.78 is 5.38. The SMILES string of the molecule is CCc1cc(-c2c[nH]c3ncc(-c4cc(NC(=O)/C=C/CN(C)C)nc(OC)c4)cc23)ccn1. The molecule has 0 spiro atoms. The fourth-order valence-corrected chi connectivity index (χ4v) is 3.62. The van der Waals surface area contributed by atoms with E-state index in [4.69, 9.17) is 4.74 Å². The number of carbonyl (C=O) groups excluding carboxylic acids is 1. The number of carbonyl (C=O) groups is 1. The van der Waals surface area contributed by atoms with Crippen LogP contribution < -0.4 is 10.1 Å². The van der Waals surface area contributed by atoms with Gasteiger partial charge in [0.2, 0.25) is 11.8 Å². The topological polar surface area (TPSA) is 96.0 Å². The minimum absolute atomic E-state index is 0.250. The molecule has 0 aliphatic carbocycles. The van der Waals surface area contributed by atoms with E-state index in [0.717, 1.165) is 45.4 Å². The standard InChI is InChI=1S/C26H28N6O2/c1-5-20-11-17(8-9-27-20)22-16-29-26-21(22)12-19(15-28-26)18-13-23(31-25(14-18)34-4)30-24(33)7-6-10-32(2)3/h6-9,11-16H,5,10H2,1-4H3,(H,28,29)(H,30,31,33)/b7-6+. The van der Waals surface area contributed by atoms with Crippen LogP contribution >= 0.6 is 0 Å². The highest BCUT2D eigenvalue weighted by atomic mass is 16.5. The maximum atomic E-state index is 12.3. The number of aromatic nitrogens is 4. The van der Waals surface area contributed by atoms with E-state index in [-0.39, 0.29) is 5.91 Å². The number of nitrogens with zero attached hydrogens (tertiary/aromatic N) is 4. The zero-order valence-corrected chi connectivity index (χ0v) is 19.8. The number of pyridine rings is 3. The first-order valence-electron chi connectivity index (χ1n) is 11.1. The summed E-state index contributed by atoms with van der Waals surface area (Å²) in [6.45, 7) is 2.76. The Morgan fingerprint density at radius 2 is 2.00 bits per heavy atom. The number of nitrogens with one attached hydrogen (secondary N) is 2. The highest BCUT2D eigenvalue weighted by Gasteiger charge is 2.12. The van der Waals surface area contributed by atoms with Crippen molar-refractivity contribution in [2.75, 3.05) is 33.1 Å². The van der Waals surface area contributed by atoms with Gasteiger partial charge < -0.3 is 19.9 Å². The number of likely N-dealkylation sites (N-methyl/N-ethyl adjacent to an activating group) is 1. The lowest BCUT2D eigenvalue weighted by Gasteiger charge is -2.09. The Kier molecular flexibility index (Phi) is 6.98. The molecule has 0 radical (unpaired) electrons. The zero-order chi connectivity index (χ0) is 24.1. The number of H-pyrrole nitrogens is 1. The fourth-order valence-electron chi connectivity index (χ4n) is 3.62. The van der Waals surface area contributed by atoms with Crippen molar-refractivity contribution in [2.45, 2.75) is 13.3 Å². The molecule has 4 aromatic heterocycles. The molecule has 4 heterocycles. The molecule has 0 fully saturated rings. The Hall–Kier alpha value is -4.04. The molecule has 8 heteroatoms.